The predicted molar refractivity (Wildman–Crippen MR) is 48.9 cm³/mol. The molecule has 1 N–H and O–H groups in total. The number of rotatable bonds is 2. The van der Waals surface area contributed by atoms with Crippen molar-refractivity contribution in [1.29, 1.82) is 0 Å². The quantitative estimate of drug-likeness (QED) is 0.715. The summed E-state index contributed by atoms with van der Waals surface area (Å²) in [5, 5.41) is 11.5. The van der Waals surface area contributed by atoms with Crippen molar-refractivity contribution in [2.45, 2.75) is 18.8 Å². The Morgan fingerprint density at radius 1 is 1.58 bits per heavy atom. The first-order chi connectivity index (χ1) is 5.92. The van der Waals surface area contributed by atoms with E-state index in [9.17, 15) is 0 Å². The molecule has 66 valence electrons. The summed E-state index contributed by atoms with van der Waals surface area (Å²) in [4.78, 5) is 0. The summed E-state index contributed by atoms with van der Waals surface area (Å²) in [6.07, 6.45) is 2.09. The molecule has 0 amide bonds. The summed E-state index contributed by atoms with van der Waals surface area (Å²) in [5.74, 6) is 3.15. The second kappa shape index (κ2) is 3.45. The molecule has 0 aromatic carbocycles. The van der Waals surface area contributed by atoms with E-state index < -0.39 is 0 Å². The van der Waals surface area contributed by atoms with Crippen molar-refractivity contribution in [2.24, 2.45) is 0 Å². The Balaban J connectivity index is 2.25. The van der Waals surface area contributed by atoms with Crippen LogP contribution < -0.4 is 5.32 Å². The second-order valence-corrected chi connectivity index (χ2v) is 3.66. The maximum absolute atomic E-state index is 4.14. The fourth-order valence-electron chi connectivity index (χ4n) is 1.39. The molecule has 0 aliphatic carbocycles. The van der Waals surface area contributed by atoms with Gasteiger partial charge in [-0.3, -0.25) is 0 Å². The highest BCUT2D eigenvalue weighted by Gasteiger charge is 2.13. The van der Waals surface area contributed by atoms with Gasteiger partial charge in [0.2, 0.25) is 0 Å². The second-order valence-electron chi connectivity index (χ2n) is 2.79. The zero-order chi connectivity index (χ0) is 8.39. The first-order valence-corrected chi connectivity index (χ1v) is 5.42. The fraction of sp³-hybridized carbons (Fsp3) is 0.714. The summed E-state index contributed by atoms with van der Waals surface area (Å²) in [5.41, 5.74) is 0. The molecular weight excluding hydrogens is 172 g/mol. The van der Waals surface area contributed by atoms with E-state index in [1.807, 2.05) is 0 Å². The van der Waals surface area contributed by atoms with Gasteiger partial charge < -0.3 is 9.88 Å². The van der Waals surface area contributed by atoms with Gasteiger partial charge in [0, 0.05) is 13.1 Å². The lowest BCUT2D eigenvalue weighted by Crippen LogP contribution is -2.29. The molecule has 12 heavy (non-hydrogen) atoms. The third-order valence-corrected chi connectivity index (χ3v) is 2.52. The van der Waals surface area contributed by atoms with E-state index in [0.717, 1.165) is 37.0 Å². The zero-order valence-corrected chi connectivity index (χ0v) is 7.89. The molecular formula is C7H12N4S. The summed E-state index contributed by atoms with van der Waals surface area (Å²) < 4.78 is 2.22. The molecule has 1 aliphatic heterocycles. The van der Waals surface area contributed by atoms with Crippen molar-refractivity contribution in [1.82, 2.24) is 20.1 Å². The summed E-state index contributed by atoms with van der Waals surface area (Å²) in [7, 11) is 0. The van der Waals surface area contributed by atoms with Crippen LogP contribution in [0, 0.1) is 0 Å². The molecule has 0 bridgehead atoms. The minimum atomic E-state index is 0.862. The molecule has 1 aromatic rings. The molecule has 0 unspecified atom stereocenters. The van der Waals surface area contributed by atoms with Crippen LogP contribution in [0.4, 0.5) is 0 Å². The van der Waals surface area contributed by atoms with Crippen molar-refractivity contribution >= 4 is 11.8 Å². The van der Waals surface area contributed by atoms with Crippen LogP contribution in [-0.2, 0) is 18.8 Å². The fourth-order valence-corrected chi connectivity index (χ4v) is 1.86. The molecule has 0 atom stereocenters. The van der Waals surface area contributed by atoms with Crippen LogP contribution in [0.5, 0.6) is 0 Å². The predicted octanol–water partition coefficient (Wildman–Crippen LogP) is 0.244. The number of fused-ring (bicyclic) bond motifs is 1. The third kappa shape index (κ3) is 1.34. The molecule has 1 aliphatic rings. The Morgan fingerprint density at radius 3 is 3.33 bits per heavy atom. The van der Waals surface area contributed by atoms with Gasteiger partial charge in [0.15, 0.2) is 0 Å². The van der Waals surface area contributed by atoms with Crippen LogP contribution in [0.25, 0.3) is 0 Å². The molecule has 1 aromatic heterocycles. The molecule has 0 spiro atoms. The number of hydrogen-bond donors (Lipinski definition) is 1. The Morgan fingerprint density at radius 2 is 2.50 bits per heavy atom. The van der Waals surface area contributed by atoms with E-state index in [-0.39, 0.29) is 0 Å². The first-order valence-electron chi connectivity index (χ1n) is 4.02. The topological polar surface area (TPSA) is 42.7 Å². The minimum absolute atomic E-state index is 0.862. The van der Waals surface area contributed by atoms with E-state index in [1.54, 1.807) is 11.8 Å². The monoisotopic (exact) mass is 184 g/mol. The Kier molecular flexibility index (Phi) is 2.32. The lowest BCUT2D eigenvalue weighted by molar-refractivity contribution is 0.498. The van der Waals surface area contributed by atoms with Gasteiger partial charge in [0.1, 0.15) is 11.6 Å². The van der Waals surface area contributed by atoms with E-state index in [1.165, 1.54) is 0 Å². The van der Waals surface area contributed by atoms with Crippen LogP contribution in [0.2, 0.25) is 0 Å². The normalized spacial score (nSPS) is 16.1. The lowest BCUT2D eigenvalue weighted by Gasteiger charge is -2.15. The van der Waals surface area contributed by atoms with Gasteiger partial charge >= 0.3 is 0 Å². The SMILES string of the molecule is CSCc1nnc2n1CCNC2. The lowest BCUT2D eigenvalue weighted by atomic mass is 10.4. The van der Waals surface area contributed by atoms with Crippen LogP contribution in [-0.4, -0.2) is 27.6 Å². The Labute approximate surface area is 75.8 Å². The van der Waals surface area contributed by atoms with Crippen molar-refractivity contribution in [3.05, 3.63) is 11.6 Å². The standard InChI is InChI=1S/C7H12N4S/c1-12-5-7-10-9-6-4-8-2-3-11(6)7/h8H,2-5H2,1H3. The van der Waals surface area contributed by atoms with Crippen LogP contribution in [0.3, 0.4) is 0 Å². The zero-order valence-electron chi connectivity index (χ0n) is 7.08. The summed E-state index contributed by atoms with van der Waals surface area (Å²) >= 11 is 1.79. The Hall–Kier alpha value is -0.550. The molecule has 0 saturated heterocycles. The van der Waals surface area contributed by atoms with Crippen molar-refractivity contribution in [3.8, 4) is 0 Å². The summed E-state index contributed by atoms with van der Waals surface area (Å²) in [6, 6.07) is 0. The van der Waals surface area contributed by atoms with E-state index in [2.05, 4.69) is 26.3 Å². The van der Waals surface area contributed by atoms with Gasteiger partial charge in [-0.1, -0.05) is 0 Å². The number of hydrogen-bond acceptors (Lipinski definition) is 4. The number of nitrogens with zero attached hydrogens (tertiary/aromatic N) is 3. The van der Waals surface area contributed by atoms with Gasteiger partial charge in [-0.25, -0.2) is 0 Å². The highest BCUT2D eigenvalue weighted by molar-refractivity contribution is 7.97. The van der Waals surface area contributed by atoms with Gasteiger partial charge in [-0.05, 0) is 6.26 Å². The van der Waals surface area contributed by atoms with Crippen molar-refractivity contribution < 1.29 is 0 Å². The molecule has 5 heteroatoms. The van der Waals surface area contributed by atoms with Gasteiger partial charge in [-0.15, -0.1) is 10.2 Å². The van der Waals surface area contributed by atoms with E-state index in [4.69, 9.17) is 0 Å². The van der Waals surface area contributed by atoms with E-state index >= 15 is 0 Å². The van der Waals surface area contributed by atoms with Gasteiger partial charge in [0.05, 0.1) is 12.3 Å². The first kappa shape index (κ1) is 8.07. The smallest absolute Gasteiger partial charge is 0.147 e. The minimum Gasteiger partial charge on any atom is -0.312 e. The van der Waals surface area contributed by atoms with Gasteiger partial charge in [0.25, 0.3) is 0 Å². The van der Waals surface area contributed by atoms with Crippen molar-refractivity contribution in [3.63, 3.8) is 0 Å². The number of nitrogens with one attached hydrogen (secondary N) is 1. The summed E-state index contributed by atoms with van der Waals surface area (Å²) in [6.45, 7) is 2.91. The third-order valence-electron chi connectivity index (χ3n) is 1.97. The van der Waals surface area contributed by atoms with Crippen LogP contribution in [0.15, 0.2) is 0 Å². The van der Waals surface area contributed by atoms with Crippen LogP contribution >= 0.6 is 11.8 Å². The molecule has 0 radical (unpaired) electrons. The van der Waals surface area contributed by atoms with Crippen molar-refractivity contribution in [2.75, 3.05) is 12.8 Å². The highest BCUT2D eigenvalue weighted by Crippen LogP contribution is 2.10. The maximum Gasteiger partial charge on any atom is 0.147 e. The number of thioether (sulfide) groups is 1. The average molecular weight is 184 g/mol. The Bertz CT molecular complexity index is 270. The average Bonchev–Trinajstić information content (AvgIpc) is 2.50. The highest BCUT2D eigenvalue weighted by atomic mass is 32.2. The molecule has 2 heterocycles. The molecule has 0 saturated carbocycles. The van der Waals surface area contributed by atoms with E-state index in [0.29, 0.717) is 0 Å². The largest absolute Gasteiger partial charge is 0.312 e. The maximum atomic E-state index is 4.14. The number of aromatic nitrogens is 3. The molecule has 0 fully saturated rings. The van der Waals surface area contributed by atoms with Crippen LogP contribution in [0.1, 0.15) is 11.6 Å². The molecule has 4 nitrogen and oxygen atoms in total. The molecule has 2 rings (SSSR count). The van der Waals surface area contributed by atoms with Gasteiger partial charge in [-0.2, -0.15) is 11.8 Å².